The Bertz CT molecular complexity index is 109. The molecule has 0 aromatic heterocycles. The van der Waals surface area contributed by atoms with Gasteiger partial charge in [-0.2, -0.15) is 0 Å². The molecule has 3 nitrogen and oxygen atoms in total. The molecule has 0 aromatic carbocycles. The molecule has 0 atom stereocenters. The zero-order chi connectivity index (χ0) is 7.82. The van der Waals surface area contributed by atoms with Crippen molar-refractivity contribution in [2.75, 3.05) is 13.1 Å². The highest BCUT2D eigenvalue weighted by Crippen LogP contribution is 1.90. The van der Waals surface area contributed by atoms with E-state index in [1.54, 1.807) is 12.4 Å². The average molecular weight is 141 g/mol. The van der Waals surface area contributed by atoms with Crippen molar-refractivity contribution >= 4 is 0 Å². The van der Waals surface area contributed by atoms with Gasteiger partial charge in [0.15, 0.2) is 0 Å². The molecule has 3 heteroatoms. The van der Waals surface area contributed by atoms with Crippen LogP contribution in [-0.2, 0) is 0 Å². The van der Waals surface area contributed by atoms with Gasteiger partial charge in [0, 0.05) is 18.9 Å². The standard InChI is InChI=1S/C7H15N3/c1-2-10(7-5-9)6-3-4-8/h2,5,7H,1,3-4,6,8-9H2/b7-5-. The van der Waals surface area contributed by atoms with Crippen LogP contribution < -0.4 is 11.5 Å². The van der Waals surface area contributed by atoms with E-state index in [2.05, 4.69) is 6.58 Å². The third-order valence-electron chi connectivity index (χ3n) is 1.13. The second-order valence-corrected chi connectivity index (χ2v) is 1.90. The van der Waals surface area contributed by atoms with E-state index < -0.39 is 0 Å². The number of hydrogen-bond donors (Lipinski definition) is 2. The van der Waals surface area contributed by atoms with Crippen molar-refractivity contribution in [3.8, 4) is 0 Å². The van der Waals surface area contributed by atoms with Crippen molar-refractivity contribution in [3.05, 3.63) is 25.2 Å². The Labute approximate surface area is 62.0 Å². The van der Waals surface area contributed by atoms with Gasteiger partial charge in [0.2, 0.25) is 0 Å². The molecule has 0 saturated carbocycles. The molecule has 58 valence electrons. The highest BCUT2D eigenvalue weighted by molar-refractivity contribution is 4.84. The van der Waals surface area contributed by atoms with Crippen LogP contribution in [0.3, 0.4) is 0 Å². The molecule has 0 radical (unpaired) electrons. The predicted octanol–water partition coefficient (Wildman–Crippen LogP) is 0.211. The molecule has 0 bridgehead atoms. The molecule has 0 aliphatic heterocycles. The normalized spacial score (nSPS) is 10.1. The lowest BCUT2D eigenvalue weighted by Gasteiger charge is -2.12. The first-order valence-corrected chi connectivity index (χ1v) is 3.32. The predicted molar refractivity (Wildman–Crippen MR) is 43.9 cm³/mol. The van der Waals surface area contributed by atoms with Crippen LogP contribution in [0.4, 0.5) is 0 Å². The minimum atomic E-state index is 0.697. The first-order valence-electron chi connectivity index (χ1n) is 3.32. The van der Waals surface area contributed by atoms with Gasteiger partial charge in [-0.3, -0.25) is 0 Å². The molecule has 0 amide bonds. The van der Waals surface area contributed by atoms with E-state index in [9.17, 15) is 0 Å². The monoisotopic (exact) mass is 141 g/mol. The summed E-state index contributed by atoms with van der Waals surface area (Å²) in [5.74, 6) is 0. The second kappa shape index (κ2) is 6.16. The van der Waals surface area contributed by atoms with Crippen LogP contribution in [0.15, 0.2) is 25.2 Å². The maximum atomic E-state index is 5.31. The molecule has 0 heterocycles. The van der Waals surface area contributed by atoms with Gasteiger partial charge in [-0.15, -0.1) is 0 Å². The van der Waals surface area contributed by atoms with Crippen LogP contribution in [0.1, 0.15) is 6.42 Å². The molecular weight excluding hydrogens is 126 g/mol. The van der Waals surface area contributed by atoms with Gasteiger partial charge < -0.3 is 16.4 Å². The van der Waals surface area contributed by atoms with Crippen molar-refractivity contribution in [2.24, 2.45) is 11.5 Å². The van der Waals surface area contributed by atoms with Gasteiger partial charge in [0.25, 0.3) is 0 Å². The third-order valence-corrected chi connectivity index (χ3v) is 1.13. The summed E-state index contributed by atoms with van der Waals surface area (Å²) in [6, 6.07) is 0. The van der Waals surface area contributed by atoms with Crippen molar-refractivity contribution < 1.29 is 0 Å². The minimum absolute atomic E-state index is 0.697. The largest absolute Gasteiger partial charge is 0.403 e. The maximum Gasteiger partial charge on any atom is 0.0232 e. The fraction of sp³-hybridized carbons (Fsp3) is 0.429. The summed E-state index contributed by atoms with van der Waals surface area (Å²) in [4.78, 5) is 1.90. The van der Waals surface area contributed by atoms with Crippen LogP contribution in [0.5, 0.6) is 0 Å². The molecule has 0 spiro atoms. The minimum Gasteiger partial charge on any atom is -0.403 e. The van der Waals surface area contributed by atoms with E-state index in [-0.39, 0.29) is 0 Å². The Hall–Kier alpha value is -0.960. The number of nitrogens with two attached hydrogens (primary N) is 2. The summed E-state index contributed by atoms with van der Waals surface area (Å²) >= 11 is 0. The summed E-state index contributed by atoms with van der Waals surface area (Å²) in [6.45, 7) is 5.19. The van der Waals surface area contributed by atoms with Crippen LogP contribution in [0, 0.1) is 0 Å². The molecule has 0 rings (SSSR count). The summed E-state index contributed by atoms with van der Waals surface area (Å²) in [6.07, 6.45) is 5.93. The summed E-state index contributed by atoms with van der Waals surface area (Å²) in [7, 11) is 0. The number of hydrogen-bond acceptors (Lipinski definition) is 3. The van der Waals surface area contributed by atoms with E-state index in [0.29, 0.717) is 6.54 Å². The molecule has 0 saturated heterocycles. The zero-order valence-corrected chi connectivity index (χ0v) is 6.16. The van der Waals surface area contributed by atoms with Gasteiger partial charge in [0.1, 0.15) is 0 Å². The Morgan fingerprint density at radius 2 is 2.20 bits per heavy atom. The molecule has 0 aliphatic rings. The summed E-state index contributed by atoms with van der Waals surface area (Å²) in [5.41, 5.74) is 10.5. The molecular formula is C7H15N3. The van der Waals surface area contributed by atoms with Crippen molar-refractivity contribution in [1.29, 1.82) is 0 Å². The van der Waals surface area contributed by atoms with Gasteiger partial charge in [-0.1, -0.05) is 6.58 Å². The van der Waals surface area contributed by atoms with E-state index in [4.69, 9.17) is 11.5 Å². The van der Waals surface area contributed by atoms with E-state index >= 15 is 0 Å². The Kier molecular flexibility index (Phi) is 5.57. The van der Waals surface area contributed by atoms with Crippen LogP contribution in [0.25, 0.3) is 0 Å². The third kappa shape index (κ3) is 3.97. The average Bonchev–Trinajstić information content (AvgIpc) is 1.98. The lowest BCUT2D eigenvalue weighted by molar-refractivity contribution is 0.493. The zero-order valence-electron chi connectivity index (χ0n) is 6.16. The van der Waals surface area contributed by atoms with Gasteiger partial charge in [0.05, 0.1) is 0 Å². The Morgan fingerprint density at radius 3 is 2.60 bits per heavy atom. The molecule has 10 heavy (non-hydrogen) atoms. The highest BCUT2D eigenvalue weighted by Gasteiger charge is 1.89. The lowest BCUT2D eigenvalue weighted by Crippen LogP contribution is -2.15. The molecule has 0 aliphatic carbocycles. The smallest absolute Gasteiger partial charge is 0.0232 e. The first kappa shape index (κ1) is 9.04. The van der Waals surface area contributed by atoms with Crippen LogP contribution >= 0.6 is 0 Å². The topological polar surface area (TPSA) is 55.3 Å². The van der Waals surface area contributed by atoms with Gasteiger partial charge in [-0.25, -0.2) is 0 Å². The Balaban J connectivity index is 3.49. The summed E-state index contributed by atoms with van der Waals surface area (Å²) in [5, 5.41) is 0. The van der Waals surface area contributed by atoms with Crippen LogP contribution in [0.2, 0.25) is 0 Å². The van der Waals surface area contributed by atoms with Crippen molar-refractivity contribution in [2.45, 2.75) is 6.42 Å². The fourth-order valence-electron chi connectivity index (χ4n) is 0.611. The van der Waals surface area contributed by atoms with E-state index in [1.165, 1.54) is 6.20 Å². The van der Waals surface area contributed by atoms with Crippen LogP contribution in [-0.4, -0.2) is 18.0 Å². The number of rotatable bonds is 5. The SMILES string of the molecule is C=CN(/C=C\N)CCCN. The quantitative estimate of drug-likeness (QED) is 0.575. The fourth-order valence-corrected chi connectivity index (χ4v) is 0.611. The molecule has 0 aromatic rings. The van der Waals surface area contributed by atoms with E-state index in [0.717, 1.165) is 13.0 Å². The van der Waals surface area contributed by atoms with Crippen molar-refractivity contribution in [3.63, 3.8) is 0 Å². The molecule has 4 N–H and O–H groups in total. The Morgan fingerprint density at radius 1 is 1.50 bits per heavy atom. The first-order chi connectivity index (χ1) is 4.85. The second-order valence-electron chi connectivity index (χ2n) is 1.90. The van der Waals surface area contributed by atoms with E-state index in [1.807, 2.05) is 4.90 Å². The lowest BCUT2D eigenvalue weighted by atomic mass is 10.4. The van der Waals surface area contributed by atoms with Crippen molar-refractivity contribution in [1.82, 2.24) is 4.90 Å². The van der Waals surface area contributed by atoms with Gasteiger partial charge >= 0.3 is 0 Å². The highest BCUT2D eigenvalue weighted by atomic mass is 15.1. The summed E-state index contributed by atoms with van der Waals surface area (Å²) < 4.78 is 0. The molecule has 0 unspecified atom stereocenters. The number of nitrogens with zero attached hydrogens (tertiary/aromatic N) is 1. The van der Waals surface area contributed by atoms with Gasteiger partial charge in [-0.05, 0) is 19.2 Å². The maximum absolute atomic E-state index is 5.31. The molecule has 0 fully saturated rings.